The van der Waals surface area contributed by atoms with Crippen molar-refractivity contribution in [3.63, 3.8) is 0 Å². The van der Waals surface area contributed by atoms with Crippen molar-refractivity contribution in [2.24, 2.45) is 0 Å². The summed E-state index contributed by atoms with van der Waals surface area (Å²) < 4.78 is 0. The Morgan fingerprint density at radius 3 is 2.65 bits per heavy atom. The molecule has 0 atom stereocenters. The molecule has 20 heavy (non-hydrogen) atoms. The standard InChI is InChI=1S/C16H15N3O/c20-16-14-8-2-1-7-13(14)15(18-19-16)9-3-5-12-6-4-10-17-11-12/h1-2,4,6-8,10-11H,3,5,9H2,(H,19,20). The number of aryl methyl sites for hydroxylation is 2. The maximum atomic E-state index is 11.7. The van der Waals surface area contributed by atoms with Crippen molar-refractivity contribution in [2.45, 2.75) is 19.3 Å². The minimum Gasteiger partial charge on any atom is -0.267 e. The maximum Gasteiger partial charge on any atom is 0.272 e. The molecule has 2 aromatic heterocycles. The fourth-order valence-electron chi connectivity index (χ4n) is 2.37. The van der Waals surface area contributed by atoms with Gasteiger partial charge in [0.1, 0.15) is 0 Å². The molecule has 0 aliphatic carbocycles. The summed E-state index contributed by atoms with van der Waals surface area (Å²) in [5, 5.41) is 8.41. The summed E-state index contributed by atoms with van der Waals surface area (Å²) in [6.07, 6.45) is 6.45. The highest BCUT2D eigenvalue weighted by Gasteiger charge is 2.05. The molecule has 100 valence electrons. The molecule has 1 N–H and O–H groups in total. The quantitative estimate of drug-likeness (QED) is 0.788. The molecule has 0 fully saturated rings. The summed E-state index contributed by atoms with van der Waals surface area (Å²) >= 11 is 0. The van der Waals surface area contributed by atoms with Gasteiger partial charge in [-0.3, -0.25) is 9.78 Å². The SMILES string of the molecule is O=c1[nH]nc(CCCc2cccnc2)c2ccccc12. The number of aromatic nitrogens is 3. The Hall–Kier alpha value is -2.49. The lowest BCUT2D eigenvalue weighted by atomic mass is 10.0. The van der Waals surface area contributed by atoms with Gasteiger partial charge < -0.3 is 0 Å². The minimum atomic E-state index is -0.128. The third kappa shape index (κ3) is 2.59. The van der Waals surface area contributed by atoms with Gasteiger partial charge in [-0.25, -0.2) is 5.10 Å². The lowest BCUT2D eigenvalue weighted by Crippen LogP contribution is -2.11. The Morgan fingerprint density at radius 1 is 1.00 bits per heavy atom. The topological polar surface area (TPSA) is 58.6 Å². The molecule has 0 radical (unpaired) electrons. The van der Waals surface area contributed by atoms with Crippen LogP contribution in [0.2, 0.25) is 0 Å². The predicted octanol–water partition coefficient (Wildman–Crippen LogP) is 2.49. The number of hydrogen-bond acceptors (Lipinski definition) is 3. The summed E-state index contributed by atoms with van der Waals surface area (Å²) in [5.74, 6) is 0. The lowest BCUT2D eigenvalue weighted by Gasteiger charge is -2.04. The van der Waals surface area contributed by atoms with Gasteiger partial charge in [-0.05, 0) is 37.0 Å². The Morgan fingerprint density at radius 2 is 1.85 bits per heavy atom. The van der Waals surface area contributed by atoms with Crippen LogP contribution in [0.25, 0.3) is 10.8 Å². The van der Waals surface area contributed by atoms with E-state index in [4.69, 9.17) is 0 Å². The second-order valence-corrected chi connectivity index (χ2v) is 4.76. The zero-order valence-electron chi connectivity index (χ0n) is 11.0. The van der Waals surface area contributed by atoms with E-state index in [1.807, 2.05) is 36.5 Å². The zero-order valence-corrected chi connectivity index (χ0v) is 11.0. The van der Waals surface area contributed by atoms with Gasteiger partial charge in [0, 0.05) is 17.8 Å². The van der Waals surface area contributed by atoms with Crippen LogP contribution in [-0.2, 0) is 12.8 Å². The van der Waals surface area contributed by atoms with Crippen LogP contribution < -0.4 is 5.56 Å². The van der Waals surface area contributed by atoms with Crippen molar-refractivity contribution in [3.8, 4) is 0 Å². The summed E-state index contributed by atoms with van der Waals surface area (Å²) in [5.41, 5.74) is 2.04. The molecule has 1 aromatic carbocycles. The second-order valence-electron chi connectivity index (χ2n) is 4.76. The van der Waals surface area contributed by atoms with Gasteiger partial charge in [0.15, 0.2) is 0 Å². The minimum absolute atomic E-state index is 0.128. The number of nitrogens with one attached hydrogen (secondary N) is 1. The average molecular weight is 265 g/mol. The summed E-state index contributed by atoms with van der Waals surface area (Å²) in [6, 6.07) is 11.6. The molecule has 0 saturated heterocycles. The van der Waals surface area contributed by atoms with Gasteiger partial charge in [0.25, 0.3) is 5.56 Å². The Kier molecular flexibility index (Phi) is 3.54. The zero-order chi connectivity index (χ0) is 13.8. The number of hydrogen-bond donors (Lipinski definition) is 1. The first kappa shape index (κ1) is 12.5. The molecule has 2 heterocycles. The Balaban J connectivity index is 1.78. The monoisotopic (exact) mass is 265 g/mol. The normalized spacial score (nSPS) is 10.8. The summed E-state index contributed by atoms with van der Waals surface area (Å²) in [4.78, 5) is 15.8. The van der Waals surface area contributed by atoms with Gasteiger partial charge in [0.2, 0.25) is 0 Å². The first-order valence-corrected chi connectivity index (χ1v) is 6.70. The van der Waals surface area contributed by atoms with Crippen LogP contribution in [0.15, 0.2) is 53.6 Å². The summed E-state index contributed by atoms with van der Waals surface area (Å²) in [7, 11) is 0. The van der Waals surface area contributed by atoms with Gasteiger partial charge >= 0.3 is 0 Å². The van der Waals surface area contributed by atoms with E-state index >= 15 is 0 Å². The second kappa shape index (κ2) is 5.65. The van der Waals surface area contributed by atoms with Crippen LogP contribution in [0.1, 0.15) is 17.7 Å². The molecule has 0 aliphatic rings. The molecule has 0 amide bonds. The Labute approximate surface area is 116 Å². The van der Waals surface area contributed by atoms with Gasteiger partial charge in [0.05, 0.1) is 11.1 Å². The molecule has 3 rings (SSSR count). The molecular weight excluding hydrogens is 250 g/mol. The van der Waals surface area contributed by atoms with Gasteiger partial charge in [-0.2, -0.15) is 5.10 Å². The van der Waals surface area contributed by atoms with Gasteiger partial charge in [-0.15, -0.1) is 0 Å². The van der Waals surface area contributed by atoms with E-state index in [0.717, 1.165) is 30.3 Å². The lowest BCUT2D eigenvalue weighted by molar-refractivity contribution is 0.780. The number of pyridine rings is 1. The van der Waals surface area contributed by atoms with E-state index in [2.05, 4.69) is 21.2 Å². The maximum absolute atomic E-state index is 11.7. The van der Waals surface area contributed by atoms with Crippen LogP contribution in [0.3, 0.4) is 0 Å². The average Bonchev–Trinajstić information content (AvgIpc) is 2.51. The third-order valence-electron chi connectivity index (χ3n) is 3.38. The number of aromatic amines is 1. The van der Waals surface area contributed by atoms with Crippen LogP contribution >= 0.6 is 0 Å². The number of nitrogens with zero attached hydrogens (tertiary/aromatic N) is 2. The number of fused-ring (bicyclic) bond motifs is 1. The molecule has 0 unspecified atom stereocenters. The molecule has 0 spiro atoms. The van der Waals surface area contributed by atoms with Crippen LogP contribution in [0.5, 0.6) is 0 Å². The van der Waals surface area contributed by atoms with Crippen molar-refractivity contribution < 1.29 is 0 Å². The highest BCUT2D eigenvalue weighted by Crippen LogP contribution is 2.14. The van der Waals surface area contributed by atoms with E-state index in [-0.39, 0.29) is 5.56 Å². The molecular formula is C16H15N3O. The van der Waals surface area contributed by atoms with Crippen molar-refractivity contribution in [1.82, 2.24) is 15.2 Å². The van der Waals surface area contributed by atoms with Crippen molar-refractivity contribution >= 4 is 10.8 Å². The molecule has 0 bridgehead atoms. The first-order valence-electron chi connectivity index (χ1n) is 6.70. The smallest absolute Gasteiger partial charge is 0.267 e. The molecule has 4 heteroatoms. The van der Waals surface area contributed by atoms with E-state index in [9.17, 15) is 4.79 Å². The number of rotatable bonds is 4. The molecule has 4 nitrogen and oxygen atoms in total. The predicted molar refractivity (Wildman–Crippen MR) is 78.6 cm³/mol. The first-order chi connectivity index (χ1) is 9.84. The van der Waals surface area contributed by atoms with Crippen molar-refractivity contribution in [1.29, 1.82) is 0 Å². The van der Waals surface area contributed by atoms with E-state index < -0.39 is 0 Å². The van der Waals surface area contributed by atoms with Crippen LogP contribution in [0.4, 0.5) is 0 Å². The van der Waals surface area contributed by atoms with E-state index in [1.165, 1.54) is 5.56 Å². The van der Waals surface area contributed by atoms with Crippen molar-refractivity contribution in [3.05, 3.63) is 70.4 Å². The highest BCUT2D eigenvalue weighted by molar-refractivity contribution is 5.83. The summed E-state index contributed by atoms with van der Waals surface area (Å²) in [6.45, 7) is 0. The highest BCUT2D eigenvalue weighted by atomic mass is 16.1. The van der Waals surface area contributed by atoms with Gasteiger partial charge in [-0.1, -0.05) is 24.3 Å². The third-order valence-corrected chi connectivity index (χ3v) is 3.38. The molecule has 0 aliphatic heterocycles. The Bertz CT molecular complexity index is 765. The van der Waals surface area contributed by atoms with Crippen molar-refractivity contribution in [2.75, 3.05) is 0 Å². The van der Waals surface area contributed by atoms with E-state index in [1.54, 1.807) is 6.20 Å². The number of H-pyrrole nitrogens is 1. The van der Waals surface area contributed by atoms with Crippen LogP contribution in [-0.4, -0.2) is 15.2 Å². The van der Waals surface area contributed by atoms with E-state index in [0.29, 0.717) is 5.39 Å². The fraction of sp³-hybridized carbons (Fsp3) is 0.188. The largest absolute Gasteiger partial charge is 0.272 e. The number of benzene rings is 1. The fourth-order valence-corrected chi connectivity index (χ4v) is 2.37. The molecule has 0 saturated carbocycles. The van der Waals surface area contributed by atoms with Crippen LogP contribution in [0, 0.1) is 0 Å². The molecule has 3 aromatic rings.